The second kappa shape index (κ2) is 14.0. The standard InChI is InChI=1S/C40H49ClN2O6/c1-25(23-48-34-10-16-42-33-9-4-6-26(2)37(33)34)18-28-19-27-20-36-35(47-17-11-31(49-36)24-46-3)22-32(27)39(28)12-14-40(15-13-39,38(44)45)43-30-8-5-7-29(41)21-30/h5,7-8,10,16,20-22,25-26,28,31,43H,4,6,9,11-15,17-19,23-24H2,1-3H3,(H,44,45)/t25-,26-,28?,31?,39?,40?/m1/s1. The quantitative estimate of drug-likeness (QED) is 0.219. The number of carboxylic acids is 1. The molecule has 0 bridgehead atoms. The molecule has 49 heavy (non-hydrogen) atoms. The van der Waals surface area contributed by atoms with Crippen molar-refractivity contribution in [1.82, 2.24) is 4.98 Å². The average molecular weight is 689 g/mol. The molecule has 3 aromatic rings. The van der Waals surface area contributed by atoms with Crippen molar-refractivity contribution in [3.05, 3.63) is 76.1 Å². The third-order valence-corrected chi connectivity index (χ3v) is 11.9. The second-order valence-electron chi connectivity index (χ2n) is 15.0. The van der Waals surface area contributed by atoms with Crippen LogP contribution in [0.4, 0.5) is 5.69 Å². The summed E-state index contributed by atoms with van der Waals surface area (Å²) in [4.78, 5) is 17.6. The fraction of sp³-hybridized carbons (Fsp3) is 0.550. The molecule has 8 nitrogen and oxygen atoms in total. The van der Waals surface area contributed by atoms with Gasteiger partial charge in [0.1, 0.15) is 17.4 Å². The molecule has 7 rings (SSSR count). The lowest BCUT2D eigenvalue weighted by Crippen LogP contribution is -2.53. The minimum Gasteiger partial charge on any atom is -0.493 e. The third-order valence-electron chi connectivity index (χ3n) is 11.7. The predicted octanol–water partition coefficient (Wildman–Crippen LogP) is 8.38. The lowest BCUT2D eigenvalue weighted by molar-refractivity contribution is -0.144. The molecule has 0 saturated heterocycles. The second-order valence-corrected chi connectivity index (χ2v) is 15.4. The molecule has 1 spiro atoms. The van der Waals surface area contributed by atoms with Gasteiger partial charge in [0.25, 0.3) is 0 Å². The molecule has 262 valence electrons. The van der Waals surface area contributed by atoms with Crippen molar-refractivity contribution in [3.8, 4) is 17.2 Å². The molecule has 2 unspecified atom stereocenters. The number of anilines is 1. The minimum atomic E-state index is -1.08. The lowest BCUT2D eigenvalue weighted by atomic mass is 9.59. The molecule has 3 aliphatic carbocycles. The Morgan fingerprint density at radius 1 is 1.14 bits per heavy atom. The molecular formula is C40H49ClN2O6. The van der Waals surface area contributed by atoms with Gasteiger partial charge in [-0.15, -0.1) is 0 Å². The fourth-order valence-electron chi connectivity index (χ4n) is 9.16. The first-order chi connectivity index (χ1) is 23.7. The highest BCUT2D eigenvalue weighted by Gasteiger charge is 2.54. The Hall–Kier alpha value is -3.49. The van der Waals surface area contributed by atoms with Gasteiger partial charge in [-0.3, -0.25) is 4.98 Å². The molecular weight excluding hydrogens is 640 g/mol. The first kappa shape index (κ1) is 34.0. The Bertz CT molecular complexity index is 1670. The van der Waals surface area contributed by atoms with Gasteiger partial charge in [0, 0.05) is 41.7 Å². The predicted molar refractivity (Wildman–Crippen MR) is 190 cm³/mol. The number of hydrogen-bond acceptors (Lipinski definition) is 7. The van der Waals surface area contributed by atoms with E-state index in [4.69, 9.17) is 30.5 Å². The number of aliphatic carboxylic acids is 1. The number of benzene rings is 2. The molecule has 2 aromatic carbocycles. The van der Waals surface area contributed by atoms with E-state index in [-0.39, 0.29) is 11.5 Å². The van der Waals surface area contributed by atoms with Gasteiger partial charge >= 0.3 is 5.97 Å². The van der Waals surface area contributed by atoms with Crippen LogP contribution in [0.2, 0.25) is 5.02 Å². The zero-order chi connectivity index (χ0) is 34.2. The number of methoxy groups -OCH3 is 1. The van der Waals surface area contributed by atoms with Crippen molar-refractivity contribution in [2.75, 3.05) is 32.2 Å². The van der Waals surface area contributed by atoms with Gasteiger partial charge in [-0.05, 0) is 128 Å². The Morgan fingerprint density at radius 2 is 1.98 bits per heavy atom. The highest BCUT2D eigenvalue weighted by molar-refractivity contribution is 6.30. The molecule has 4 aliphatic rings. The van der Waals surface area contributed by atoms with Gasteiger partial charge in [0.15, 0.2) is 11.5 Å². The van der Waals surface area contributed by atoms with Crippen LogP contribution in [0.15, 0.2) is 48.7 Å². The zero-order valence-electron chi connectivity index (χ0n) is 28.9. The summed E-state index contributed by atoms with van der Waals surface area (Å²) in [5.74, 6) is 2.79. The maximum Gasteiger partial charge on any atom is 0.329 e. The highest BCUT2D eigenvalue weighted by Crippen LogP contribution is 2.58. The number of carboxylic acid groups (broad SMARTS) is 1. The molecule has 1 aromatic heterocycles. The van der Waals surface area contributed by atoms with Crippen LogP contribution in [0.25, 0.3) is 0 Å². The molecule has 0 radical (unpaired) electrons. The molecule has 4 atom stereocenters. The normalized spacial score (nSPS) is 27.9. The monoisotopic (exact) mass is 688 g/mol. The fourth-order valence-corrected chi connectivity index (χ4v) is 9.35. The number of pyridine rings is 1. The summed E-state index contributed by atoms with van der Waals surface area (Å²) in [6.07, 6.45) is 10.3. The van der Waals surface area contributed by atoms with Crippen molar-refractivity contribution in [2.45, 2.75) is 101 Å². The van der Waals surface area contributed by atoms with E-state index < -0.39 is 11.5 Å². The van der Waals surface area contributed by atoms with Gasteiger partial charge in [-0.25, -0.2) is 4.79 Å². The SMILES string of the molecule is COCC1CCOc2cc3c(cc2O1)CC(C[C@@H](C)COc1ccnc2c1[C@H](C)CCC2)C31CCC(Nc2cccc(Cl)c2)(C(=O)O)CC1. The summed E-state index contributed by atoms with van der Waals surface area (Å²) in [6, 6.07) is 13.8. The summed E-state index contributed by atoms with van der Waals surface area (Å²) in [5, 5.41) is 14.6. The largest absolute Gasteiger partial charge is 0.493 e. The van der Waals surface area contributed by atoms with Gasteiger partial charge < -0.3 is 29.4 Å². The smallest absolute Gasteiger partial charge is 0.329 e. The number of fused-ring (bicyclic) bond motifs is 4. The summed E-state index contributed by atoms with van der Waals surface area (Å²) in [5.41, 5.74) is 4.50. The maximum absolute atomic E-state index is 13.0. The van der Waals surface area contributed by atoms with Crippen LogP contribution in [0, 0.1) is 11.8 Å². The molecule has 1 fully saturated rings. The first-order valence-corrected chi connectivity index (χ1v) is 18.4. The summed E-state index contributed by atoms with van der Waals surface area (Å²) in [7, 11) is 1.70. The maximum atomic E-state index is 13.0. The average Bonchev–Trinajstić information content (AvgIpc) is 3.20. The van der Waals surface area contributed by atoms with Gasteiger partial charge in [0.2, 0.25) is 0 Å². The number of nitrogens with zero attached hydrogens (tertiary/aromatic N) is 1. The van der Waals surface area contributed by atoms with E-state index in [9.17, 15) is 9.90 Å². The topological polar surface area (TPSA) is 99.1 Å². The molecule has 1 saturated carbocycles. The van der Waals surface area contributed by atoms with Gasteiger partial charge in [0.05, 0.1) is 19.8 Å². The minimum absolute atomic E-state index is 0.0577. The van der Waals surface area contributed by atoms with Crippen molar-refractivity contribution in [3.63, 3.8) is 0 Å². The zero-order valence-corrected chi connectivity index (χ0v) is 29.7. The Kier molecular flexibility index (Phi) is 9.73. The summed E-state index contributed by atoms with van der Waals surface area (Å²) < 4.78 is 24.7. The number of hydrogen-bond donors (Lipinski definition) is 2. The molecule has 1 aliphatic heterocycles. The molecule has 2 N–H and O–H groups in total. The molecule has 9 heteroatoms. The third kappa shape index (κ3) is 6.71. The van der Waals surface area contributed by atoms with E-state index in [1.54, 1.807) is 19.2 Å². The number of halogens is 1. The van der Waals surface area contributed by atoms with Crippen molar-refractivity contribution < 1.29 is 28.8 Å². The van der Waals surface area contributed by atoms with Crippen LogP contribution in [0.3, 0.4) is 0 Å². The van der Waals surface area contributed by atoms with Gasteiger partial charge in [-0.1, -0.05) is 31.5 Å². The van der Waals surface area contributed by atoms with Crippen molar-refractivity contribution >= 4 is 23.3 Å². The van der Waals surface area contributed by atoms with E-state index in [0.29, 0.717) is 55.4 Å². The molecule has 2 heterocycles. The Morgan fingerprint density at radius 3 is 2.76 bits per heavy atom. The Balaban J connectivity index is 1.16. The number of ether oxygens (including phenoxy) is 4. The summed E-state index contributed by atoms with van der Waals surface area (Å²) in [6.45, 7) is 6.27. The number of aromatic nitrogens is 1. The van der Waals surface area contributed by atoms with E-state index in [1.807, 2.05) is 24.4 Å². The Labute approximate surface area is 294 Å². The van der Waals surface area contributed by atoms with Gasteiger partial charge in [-0.2, -0.15) is 0 Å². The van der Waals surface area contributed by atoms with Crippen LogP contribution in [-0.4, -0.2) is 54.6 Å². The van der Waals surface area contributed by atoms with Crippen LogP contribution in [0.5, 0.6) is 17.2 Å². The number of nitrogens with one attached hydrogen (secondary N) is 1. The number of carbonyl (C=O) groups is 1. The van der Waals surface area contributed by atoms with E-state index in [1.165, 1.54) is 35.2 Å². The lowest BCUT2D eigenvalue weighted by Gasteiger charge is -2.47. The number of aryl methyl sites for hydroxylation is 1. The van der Waals surface area contributed by atoms with Crippen LogP contribution >= 0.6 is 11.6 Å². The van der Waals surface area contributed by atoms with Crippen LogP contribution < -0.4 is 19.5 Å². The molecule has 0 amide bonds. The van der Waals surface area contributed by atoms with Crippen molar-refractivity contribution in [2.24, 2.45) is 11.8 Å². The van der Waals surface area contributed by atoms with E-state index >= 15 is 0 Å². The van der Waals surface area contributed by atoms with Crippen molar-refractivity contribution in [1.29, 1.82) is 0 Å². The first-order valence-electron chi connectivity index (χ1n) is 18.0. The number of rotatable bonds is 10. The van der Waals surface area contributed by atoms with E-state index in [0.717, 1.165) is 61.5 Å². The highest BCUT2D eigenvalue weighted by atomic mass is 35.5. The van der Waals surface area contributed by atoms with E-state index in [2.05, 4.69) is 36.3 Å². The van der Waals surface area contributed by atoms with Crippen LogP contribution in [-0.2, 0) is 27.8 Å². The van der Waals surface area contributed by atoms with Crippen LogP contribution in [0.1, 0.15) is 93.5 Å². The summed E-state index contributed by atoms with van der Waals surface area (Å²) >= 11 is 6.28.